The molecule has 0 aromatic heterocycles. The third-order valence-corrected chi connectivity index (χ3v) is 10.4. The minimum absolute atomic E-state index is 0.0888. The Morgan fingerprint density at radius 3 is 1.22 bits per heavy atom. The van der Waals surface area contributed by atoms with Crippen molar-refractivity contribution in [1.29, 1.82) is 0 Å². The second kappa shape index (κ2) is 10.2. The molecule has 7 nitrogen and oxygen atoms in total. The zero-order valence-corrected chi connectivity index (χ0v) is 26.6. The lowest BCUT2D eigenvalue weighted by Gasteiger charge is -2.20. The Balaban J connectivity index is 0.000000128. The Labute approximate surface area is 287 Å². The summed E-state index contributed by atoms with van der Waals surface area (Å²) in [4.78, 5) is 48.2. The molecule has 0 fully saturated rings. The van der Waals surface area contributed by atoms with Gasteiger partial charge in [-0.05, 0) is 99.7 Å². The van der Waals surface area contributed by atoms with Crippen molar-refractivity contribution in [2.45, 2.75) is 0 Å². The molecule has 0 unspecified atom stereocenters. The van der Waals surface area contributed by atoms with E-state index in [0.717, 1.165) is 64.6 Å². The molecule has 0 radical (unpaired) electrons. The Morgan fingerprint density at radius 1 is 0.431 bits per heavy atom. The van der Waals surface area contributed by atoms with Crippen LogP contribution in [0.15, 0.2) is 121 Å². The van der Waals surface area contributed by atoms with E-state index in [9.17, 15) is 24.3 Å². The van der Waals surface area contributed by atoms with Gasteiger partial charge in [-0.25, -0.2) is 14.4 Å². The van der Waals surface area contributed by atoms with Crippen LogP contribution < -0.4 is 5.73 Å². The Hall–Kier alpha value is -7.12. The van der Waals surface area contributed by atoms with Gasteiger partial charge in [0.2, 0.25) is 5.91 Å². The third kappa shape index (κ3) is 3.82. The Bertz CT molecular complexity index is 3020. The molecule has 0 aliphatic carbocycles. The summed E-state index contributed by atoms with van der Waals surface area (Å²) in [7, 11) is 0. The first-order valence-electron chi connectivity index (χ1n) is 16.4. The number of nitrogens with two attached hydrogens (primary N) is 1. The first kappa shape index (κ1) is 28.9. The maximum Gasteiger partial charge on any atom is 0.346 e. The van der Waals surface area contributed by atoms with E-state index in [2.05, 4.69) is 36.4 Å². The minimum atomic E-state index is -1.08. The number of fused-ring (bicyclic) bond motifs is 4. The summed E-state index contributed by atoms with van der Waals surface area (Å²) in [6, 6.07) is 39.0. The second-order valence-corrected chi connectivity index (χ2v) is 12.9. The molecule has 51 heavy (non-hydrogen) atoms. The van der Waals surface area contributed by atoms with E-state index in [1.54, 1.807) is 24.3 Å². The van der Waals surface area contributed by atoms with Crippen LogP contribution in [0.2, 0.25) is 0 Å². The molecule has 0 saturated heterocycles. The van der Waals surface area contributed by atoms with Gasteiger partial charge in [-0.3, -0.25) is 4.79 Å². The van der Waals surface area contributed by atoms with Crippen molar-refractivity contribution in [2.75, 3.05) is 0 Å². The number of carboxylic acid groups (broad SMARTS) is 1. The van der Waals surface area contributed by atoms with Gasteiger partial charge in [0.25, 0.3) is 0 Å². The van der Waals surface area contributed by atoms with Gasteiger partial charge >= 0.3 is 17.9 Å². The van der Waals surface area contributed by atoms with Crippen LogP contribution in [0.25, 0.3) is 86.2 Å². The molecule has 7 heteroatoms. The lowest BCUT2D eigenvalue weighted by molar-refractivity contribution is 0.0390. The fourth-order valence-electron chi connectivity index (χ4n) is 8.39. The van der Waals surface area contributed by atoms with E-state index in [-0.39, 0.29) is 11.1 Å². The average molecular weight is 662 g/mol. The van der Waals surface area contributed by atoms with E-state index >= 15 is 0 Å². The Kier molecular flexibility index (Phi) is 5.77. The smallest absolute Gasteiger partial charge is 0.346 e. The molecule has 1 heterocycles. The van der Waals surface area contributed by atoms with Crippen molar-refractivity contribution in [3.05, 3.63) is 144 Å². The van der Waals surface area contributed by atoms with Crippen LogP contribution in [0, 0.1) is 0 Å². The van der Waals surface area contributed by atoms with Crippen LogP contribution >= 0.6 is 0 Å². The molecule has 1 aliphatic heterocycles. The number of carbonyl (C=O) groups is 4. The van der Waals surface area contributed by atoms with Crippen molar-refractivity contribution in [2.24, 2.45) is 5.73 Å². The number of ether oxygens (including phenoxy) is 1. The van der Waals surface area contributed by atoms with E-state index in [1.807, 2.05) is 60.7 Å². The normalized spacial score (nSPS) is 12.9. The molecular formula is C44H23NO6. The quantitative estimate of drug-likeness (QED) is 0.0823. The summed E-state index contributed by atoms with van der Waals surface area (Å²) in [6.45, 7) is 0. The summed E-state index contributed by atoms with van der Waals surface area (Å²) < 4.78 is 4.88. The first-order valence-corrected chi connectivity index (χ1v) is 16.4. The topological polar surface area (TPSA) is 124 Å². The highest BCUT2D eigenvalue weighted by Crippen LogP contribution is 2.44. The van der Waals surface area contributed by atoms with E-state index in [4.69, 9.17) is 10.5 Å². The standard InChI is InChI=1S/C22H13NO3.C22H10O3/c23-21(24)16-9-7-14-12-5-1-3-11-4-2-6-13(18(11)12)15-8-10-17(22(25)26)20(16)19(14)15;23-21-16-9-7-14-12-5-1-3-11-4-2-6-13(18(11)12)15-8-10-17(22(24)25-21)20(16)19(14)15/h1-10H,(H2,23,24)(H,25,26);1-10H. The SMILES string of the molecule is NC(=O)c1ccc2c3cccc4cccc(c5ccc(C(=O)O)c1c25)c43.O=C1OC(=O)c2ccc3c4cccc5cccc(c6ccc1c2c63)c54. The number of aromatic carboxylic acids is 1. The van der Waals surface area contributed by atoms with Crippen LogP contribution in [0.3, 0.4) is 0 Å². The highest BCUT2D eigenvalue weighted by Gasteiger charge is 2.29. The van der Waals surface area contributed by atoms with E-state index in [1.165, 1.54) is 10.8 Å². The van der Waals surface area contributed by atoms with Gasteiger partial charge < -0.3 is 15.6 Å². The van der Waals surface area contributed by atoms with Gasteiger partial charge in [0.1, 0.15) is 0 Å². The summed E-state index contributed by atoms with van der Waals surface area (Å²) in [6.07, 6.45) is 0. The number of primary amides is 1. The zero-order chi connectivity index (χ0) is 34.7. The predicted molar refractivity (Wildman–Crippen MR) is 201 cm³/mol. The van der Waals surface area contributed by atoms with Crippen LogP contribution in [0.4, 0.5) is 0 Å². The molecule has 11 rings (SSSR count). The fourth-order valence-corrected chi connectivity index (χ4v) is 8.39. The first-order chi connectivity index (χ1) is 24.8. The van der Waals surface area contributed by atoms with Crippen molar-refractivity contribution in [3.63, 3.8) is 0 Å². The van der Waals surface area contributed by atoms with Gasteiger partial charge in [-0.15, -0.1) is 0 Å². The second-order valence-electron chi connectivity index (χ2n) is 12.9. The van der Waals surface area contributed by atoms with Gasteiger partial charge in [0.15, 0.2) is 0 Å². The number of esters is 2. The van der Waals surface area contributed by atoms with Crippen molar-refractivity contribution >= 4 is 110 Å². The number of hydrogen-bond donors (Lipinski definition) is 2. The van der Waals surface area contributed by atoms with E-state index < -0.39 is 23.8 Å². The molecule has 1 amide bonds. The van der Waals surface area contributed by atoms with Crippen molar-refractivity contribution < 1.29 is 29.0 Å². The summed E-state index contributed by atoms with van der Waals surface area (Å²) in [5, 5.41) is 25.5. The summed E-state index contributed by atoms with van der Waals surface area (Å²) >= 11 is 0. The van der Waals surface area contributed by atoms with E-state index in [0.29, 0.717) is 21.9 Å². The van der Waals surface area contributed by atoms with Crippen LogP contribution in [-0.4, -0.2) is 28.9 Å². The molecule has 10 aromatic carbocycles. The predicted octanol–water partition coefficient (Wildman–Crippen LogP) is 9.58. The van der Waals surface area contributed by atoms with Crippen molar-refractivity contribution in [3.8, 4) is 0 Å². The molecule has 240 valence electrons. The number of cyclic esters (lactones) is 2. The zero-order valence-electron chi connectivity index (χ0n) is 26.6. The Morgan fingerprint density at radius 2 is 0.804 bits per heavy atom. The average Bonchev–Trinajstić information content (AvgIpc) is 3.14. The number of benzene rings is 10. The molecule has 0 atom stereocenters. The van der Waals surface area contributed by atoms with Crippen LogP contribution in [-0.2, 0) is 4.74 Å². The highest BCUT2D eigenvalue weighted by atomic mass is 16.6. The van der Waals surface area contributed by atoms with Crippen LogP contribution in [0.1, 0.15) is 41.4 Å². The van der Waals surface area contributed by atoms with Gasteiger partial charge in [-0.2, -0.15) is 0 Å². The van der Waals surface area contributed by atoms with Crippen LogP contribution in [0.5, 0.6) is 0 Å². The minimum Gasteiger partial charge on any atom is -0.478 e. The molecule has 0 saturated carbocycles. The molecule has 3 N–H and O–H groups in total. The van der Waals surface area contributed by atoms with Crippen molar-refractivity contribution in [1.82, 2.24) is 0 Å². The van der Waals surface area contributed by atoms with Gasteiger partial charge in [0.05, 0.1) is 16.7 Å². The largest absolute Gasteiger partial charge is 0.478 e. The highest BCUT2D eigenvalue weighted by molar-refractivity contribution is 6.38. The number of carboxylic acids is 1. The monoisotopic (exact) mass is 661 g/mol. The summed E-state index contributed by atoms with van der Waals surface area (Å²) in [5.74, 6) is -2.85. The third-order valence-electron chi connectivity index (χ3n) is 10.4. The molecular weight excluding hydrogens is 638 g/mol. The number of hydrogen-bond acceptors (Lipinski definition) is 5. The molecule has 0 bridgehead atoms. The van der Waals surface area contributed by atoms with Gasteiger partial charge in [0, 0.05) is 16.3 Å². The molecule has 0 spiro atoms. The maximum atomic E-state index is 12.2. The maximum absolute atomic E-state index is 12.2. The lowest BCUT2D eigenvalue weighted by atomic mass is 9.86. The molecule has 10 aromatic rings. The van der Waals surface area contributed by atoms with Gasteiger partial charge in [-0.1, -0.05) is 97.1 Å². The fraction of sp³-hybridized carbons (Fsp3) is 0. The number of carbonyl (C=O) groups excluding carboxylic acids is 3. The lowest BCUT2D eigenvalue weighted by Crippen LogP contribution is -2.19. The summed E-state index contributed by atoms with van der Waals surface area (Å²) in [5.41, 5.74) is 6.79. The number of rotatable bonds is 2. The molecule has 1 aliphatic rings. The number of amides is 1.